The maximum atomic E-state index is 14.1. The molecule has 204 valence electrons. The number of hydrogen-bond acceptors (Lipinski definition) is 5. The summed E-state index contributed by atoms with van der Waals surface area (Å²) in [6.45, 7) is 11.1. The van der Waals surface area contributed by atoms with Crippen LogP contribution in [0.5, 0.6) is 0 Å². The van der Waals surface area contributed by atoms with E-state index in [9.17, 15) is 21.6 Å². The predicted octanol–water partition coefficient (Wildman–Crippen LogP) is 6.05. The quantitative estimate of drug-likeness (QED) is 0.318. The number of sulfonamides is 1. The molecule has 9 heteroatoms. The van der Waals surface area contributed by atoms with Gasteiger partial charge in [-0.05, 0) is 118 Å². The number of fused-ring (bicyclic) bond motifs is 3. The Morgan fingerprint density at radius 3 is 1.90 bits per heavy atom. The summed E-state index contributed by atoms with van der Waals surface area (Å²) in [5, 5.41) is 0.428. The number of hydrogen-bond donors (Lipinski definition) is 1. The lowest BCUT2D eigenvalue weighted by molar-refractivity contribution is 0.0974. The Kier molecular flexibility index (Phi) is 6.50. The zero-order valence-corrected chi connectivity index (χ0v) is 24.6. The lowest BCUT2D eigenvalue weighted by Crippen LogP contribution is -2.20. The van der Waals surface area contributed by atoms with Crippen LogP contribution in [0.4, 0.5) is 5.69 Å². The number of anilines is 1. The van der Waals surface area contributed by atoms with Gasteiger partial charge in [0.2, 0.25) is 0 Å². The normalized spacial score (nSPS) is 14.1. The second kappa shape index (κ2) is 9.34. The van der Waals surface area contributed by atoms with Gasteiger partial charge in [-0.25, -0.2) is 20.8 Å². The number of rotatable bonds is 5. The van der Waals surface area contributed by atoms with Crippen molar-refractivity contribution in [1.29, 1.82) is 0 Å². The highest BCUT2D eigenvalue weighted by atomic mass is 32.2. The fourth-order valence-corrected chi connectivity index (χ4v) is 8.72. The molecule has 0 saturated heterocycles. The summed E-state index contributed by atoms with van der Waals surface area (Å²) in [6.07, 6.45) is 1.30. The van der Waals surface area contributed by atoms with Crippen molar-refractivity contribution in [2.24, 2.45) is 0 Å². The molecule has 0 radical (unpaired) electrons. The lowest BCUT2D eigenvalue weighted by Gasteiger charge is -2.17. The molecule has 3 aromatic carbocycles. The minimum Gasteiger partial charge on any atom is -0.294 e. The predicted molar refractivity (Wildman–Crippen MR) is 154 cm³/mol. The Labute approximate surface area is 230 Å². The van der Waals surface area contributed by atoms with E-state index in [2.05, 4.69) is 4.72 Å². The molecule has 7 nitrogen and oxygen atoms in total. The summed E-state index contributed by atoms with van der Waals surface area (Å²) in [5.41, 5.74) is 6.39. The number of ketones is 1. The Balaban J connectivity index is 1.69. The molecule has 4 aromatic rings. The van der Waals surface area contributed by atoms with Crippen molar-refractivity contribution in [2.45, 2.75) is 70.6 Å². The third-order valence-electron chi connectivity index (χ3n) is 7.76. The van der Waals surface area contributed by atoms with Gasteiger partial charge in [0.05, 0.1) is 15.3 Å². The Hall–Kier alpha value is -3.43. The van der Waals surface area contributed by atoms with Crippen molar-refractivity contribution in [2.75, 3.05) is 4.72 Å². The van der Waals surface area contributed by atoms with Crippen LogP contribution in [0.25, 0.3) is 10.9 Å². The topological polar surface area (TPSA) is 102 Å². The molecule has 1 aliphatic carbocycles. The smallest absolute Gasteiger partial charge is 0.268 e. The molecular formula is C30H32N2O5S2. The third-order valence-corrected chi connectivity index (χ3v) is 11.2. The molecule has 0 saturated carbocycles. The van der Waals surface area contributed by atoms with Gasteiger partial charge in [0, 0.05) is 28.8 Å². The van der Waals surface area contributed by atoms with Crippen LogP contribution >= 0.6 is 0 Å². The van der Waals surface area contributed by atoms with Crippen molar-refractivity contribution >= 4 is 42.4 Å². The number of carbonyl (C=O) groups excluding carboxylic acids is 1. The summed E-state index contributed by atoms with van der Waals surface area (Å²) in [4.78, 5) is 13.5. The Morgan fingerprint density at radius 1 is 0.692 bits per heavy atom. The lowest BCUT2D eigenvalue weighted by atomic mass is 9.94. The molecule has 0 spiro atoms. The van der Waals surface area contributed by atoms with E-state index in [0.29, 0.717) is 52.5 Å². The third kappa shape index (κ3) is 4.47. The van der Waals surface area contributed by atoms with E-state index in [4.69, 9.17) is 0 Å². The van der Waals surface area contributed by atoms with E-state index in [-0.39, 0.29) is 21.3 Å². The number of Topliss-reactive ketones (excluding diaryl/α,β-unsaturated/α-hetero) is 1. The molecule has 5 rings (SSSR count). The van der Waals surface area contributed by atoms with E-state index >= 15 is 0 Å². The van der Waals surface area contributed by atoms with E-state index in [1.54, 1.807) is 44.2 Å². The van der Waals surface area contributed by atoms with E-state index in [0.717, 1.165) is 22.3 Å². The molecular weight excluding hydrogens is 532 g/mol. The largest absolute Gasteiger partial charge is 0.294 e. The molecule has 1 aromatic heterocycles. The molecule has 0 amide bonds. The molecule has 0 bridgehead atoms. The van der Waals surface area contributed by atoms with Gasteiger partial charge in [-0.2, -0.15) is 0 Å². The molecule has 0 aliphatic heterocycles. The minimum absolute atomic E-state index is 0.142. The first-order chi connectivity index (χ1) is 18.2. The SMILES string of the molecule is Cc1cc(C)c(S(=O)(=O)Nc2ccc3c(c2)c2c(n3S(=O)(=O)c3cc(C)c(C)cc3C)CCCC2=O)cc1C. The van der Waals surface area contributed by atoms with Crippen molar-refractivity contribution in [3.63, 3.8) is 0 Å². The van der Waals surface area contributed by atoms with Crippen molar-refractivity contribution < 1.29 is 21.6 Å². The van der Waals surface area contributed by atoms with Crippen LogP contribution in [-0.2, 0) is 26.5 Å². The van der Waals surface area contributed by atoms with Gasteiger partial charge in [-0.15, -0.1) is 0 Å². The van der Waals surface area contributed by atoms with Crippen LogP contribution in [0.1, 0.15) is 62.3 Å². The monoisotopic (exact) mass is 564 g/mol. The fourth-order valence-electron chi connectivity index (χ4n) is 5.48. The molecule has 0 fully saturated rings. The van der Waals surface area contributed by atoms with Crippen LogP contribution in [0.2, 0.25) is 0 Å². The Bertz CT molecular complexity index is 1920. The van der Waals surface area contributed by atoms with Crippen LogP contribution in [0.3, 0.4) is 0 Å². The van der Waals surface area contributed by atoms with Gasteiger partial charge >= 0.3 is 0 Å². The minimum atomic E-state index is -4.04. The average molecular weight is 565 g/mol. The van der Waals surface area contributed by atoms with E-state index in [1.807, 2.05) is 39.8 Å². The second-order valence-electron chi connectivity index (χ2n) is 10.6. The summed E-state index contributed by atoms with van der Waals surface area (Å²) in [7, 11) is -7.96. The molecule has 1 heterocycles. The molecule has 39 heavy (non-hydrogen) atoms. The van der Waals surface area contributed by atoms with Crippen LogP contribution in [0.15, 0.2) is 52.3 Å². The van der Waals surface area contributed by atoms with Crippen molar-refractivity contribution in [1.82, 2.24) is 3.97 Å². The molecule has 1 N–H and O–H groups in total. The van der Waals surface area contributed by atoms with Gasteiger partial charge in [0.1, 0.15) is 0 Å². The fraction of sp³-hybridized carbons (Fsp3) is 0.300. The summed E-state index contributed by atoms with van der Waals surface area (Å²) in [6, 6.07) is 11.7. The number of nitrogens with zero attached hydrogens (tertiary/aromatic N) is 1. The first kappa shape index (κ1) is 27.1. The first-order valence-corrected chi connectivity index (χ1v) is 15.8. The van der Waals surface area contributed by atoms with Gasteiger partial charge in [0.25, 0.3) is 20.0 Å². The number of carbonyl (C=O) groups is 1. The molecule has 1 aliphatic rings. The first-order valence-electron chi connectivity index (χ1n) is 12.9. The Morgan fingerprint density at radius 2 is 1.26 bits per heavy atom. The highest BCUT2D eigenvalue weighted by molar-refractivity contribution is 7.92. The van der Waals surface area contributed by atoms with E-state index in [1.165, 1.54) is 3.97 Å². The molecule has 0 unspecified atom stereocenters. The van der Waals surface area contributed by atoms with Gasteiger partial charge in [-0.3, -0.25) is 9.52 Å². The summed E-state index contributed by atoms with van der Waals surface area (Å²) >= 11 is 0. The zero-order valence-electron chi connectivity index (χ0n) is 23.0. The maximum absolute atomic E-state index is 14.1. The standard InChI is InChI=1S/C30H32N2O5S2/c1-17-12-21(5)28(14-19(17)3)38(34,35)31-23-10-11-25-24(16-23)30-26(8-7-9-27(30)33)32(25)39(36,37)29-15-20(4)18(2)13-22(29)6/h10-16,31H,7-9H2,1-6H3. The van der Waals surface area contributed by atoms with Crippen LogP contribution < -0.4 is 4.72 Å². The highest BCUT2D eigenvalue weighted by Gasteiger charge is 2.33. The molecule has 0 atom stereocenters. The van der Waals surface area contributed by atoms with Gasteiger partial charge < -0.3 is 0 Å². The van der Waals surface area contributed by atoms with Gasteiger partial charge in [0.15, 0.2) is 5.78 Å². The number of aromatic nitrogens is 1. The second-order valence-corrected chi connectivity index (χ2v) is 14.0. The van der Waals surface area contributed by atoms with E-state index < -0.39 is 20.0 Å². The van der Waals surface area contributed by atoms with Crippen LogP contribution in [-0.4, -0.2) is 26.6 Å². The van der Waals surface area contributed by atoms with Gasteiger partial charge in [-0.1, -0.05) is 12.1 Å². The highest BCUT2D eigenvalue weighted by Crippen LogP contribution is 2.37. The van der Waals surface area contributed by atoms with Crippen molar-refractivity contribution in [3.05, 3.63) is 87.1 Å². The number of aryl methyl sites for hydroxylation is 6. The summed E-state index contributed by atoms with van der Waals surface area (Å²) < 4.78 is 58.8. The van der Waals surface area contributed by atoms with Crippen LogP contribution in [0, 0.1) is 41.5 Å². The average Bonchev–Trinajstić information content (AvgIpc) is 3.18. The summed E-state index contributed by atoms with van der Waals surface area (Å²) in [5.74, 6) is -0.142. The van der Waals surface area contributed by atoms with Crippen molar-refractivity contribution in [3.8, 4) is 0 Å². The zero-order chi connectivity index (χ0) is 28.4. The number of nitrogens with one attached hydrogen (secondary N) is 1. The number of benzene rings is 3. The maximum Gasteiger partial charge on any atom is 0.268 e.